The zero-order chi connectivity index (χ0) is 21.9. The van der Waals surface area contributed by atoms with E-state index >= 15 is 0 Å². The number of hydrogen-bond acceptors (Lipinski definition) is 8. The number of aromatic carboxylic acids is 2. The van der Waals surface area contributed by atoms with Gasteiger partial charge >= 0.3 is 11.9 Å². The van der Waals surface area contributed by atoms with Crippen molar-refractivity contribution in [1.29, 1.82) is 0 Å². The molecule has 2 aromatic rings. The van der Waals surface area contributed by atoms with Crippen LogP contribution in [0.1, 0.15) is 20.7 Å². The molecule has 10 nitrogen and oxygen atoms in total. The highest BCUT2D eigenvalue weighted by Crippen LogP contribution is 2.22. The van der Waals surface area contributed by atoms with Crippen molar-refractivity contribution < 1.29 is 49.0 Å². The molecule has 0 spiro atoms. The van der Waals surface area contributed by atoms with Crippen LogP contribution in [0.4, 0.5) is 0 Å². The molecule has 0 saturated heterocycles. The van der Waals surface area contributed by atoms with E-state index in [-0.39, 0.29) is 60.6 Å². The highest BCUT2D eigenvalue weighted by molar-refractivity contribution is 5.89. The van der Waals surface area contributed by atoms with Crippen molar-refractivity contribution in [3.63, 3.8) is 0 Å². The fourth-order valence-corrected chi connectivity index (χ4v) is 2.34. The second kappa shape index (κ2) is 11.5. The Labute approximate surface area is 171 Å². The van der Waals surface area contributed by atoms with Gasteiger partial charge in [-0.1, -0.05) is 0 Å². The first kappa shape index (κ1) is 22.8. The number of phenols is 2. The van der Waals surface area contributed by atoms with Gasteiger partial charge in [-0.05, 0) is 24.3 Å². The van der Waals surface area contributed by atoms with Crippen LogP contribution in [0.15, 0.2) is 36.4 Å². The summed E-state index contributed by atoms with van der Waals surface area (Å²) in [7, 11) is 0. The van der Waals surface area contributed by atoms with Gasteiger partial charge in [-0.15, -0.1) is 0 Å². The topological polar surface area (TPSA) is 152 Å². The number of ether oxygens (including phenoxy) is 4. The lowest BCUT2D eigenvalue weighted by Crippen LogP contribution is -2.13. The number of carboxylic acids is 2. The first-order valence-corrected chi connectivity index (χ1v) is 8.91. The molecule has 0 heterocycles. The van der Waals surface area contributed by atoms with Crippen LogP contribution in [-0.4, -0.2) is 72.0 Å². The molecule has 10 heteroatoms. The molecule has 30 heavy (non-hydrogen) atoms. The lowest BCUT2D eigenvalue weighted by molar-refractivity contribution is 0.0273. The van der Waals surface area contributed by atoms with Crippen LogP contribution in [0, 0.1) is 0 Å². The summed E-state index contributed by atoms with van der Waals surface area (Å²) in [6.07, 6.45) is 0. The lowest BCUT2D eigenvalue weighted by atomic mass is 10.2. The molecular weight excluding hydrogens is 400 g/mol. The van der Waals surface area contributed by atoms with Gasteiger partial charge in [0, 0.05) is 12.1 Å². The summed E-state index contributed by atoms with van der Waals surface area (Å²) in [5.74, 6) is -2.29. The van der Waals surface area contributed by atoms with E-state index < -0.39 is 11.9 Å². The van der Waals surface area contributed by atoms with Crippen molar-refractivity contribution in [3.8, 4) is 23.0 Å². The molecule has 0 bridgehead atoms. The Bertz CT molecular complexity index is 793. The quantitative estimate of drug-likeness (QED) is 0.353. The molecule has 4 N–H and O–H groups in total. The Balaban J connectivity index is 1.55. The van der Waals surface area contributed by atoms with E-state index in [1.807, 2.05) is 0 Å². The molecule has 0 aliphatic heterocycles. The molecule has 162 valence electrons. The molecule has 0 saturated carbocycles. The third-order valence-corrected chi connectivity index (χ3v) is 3.64. The number of hydrogen-bond donors (Lipinski definition) is 4. The van der Waals surface area contributed by atoms with E-state index in [9.17, 15) is 19.8 Å². The largest absolute Gasteiger partial charge is 0.508 e. The first-order valence-electron chi connectivity index (χ1n) is 8.91. The molecule has 0 fully saturated rings. The molecule has 2 rings (SSSR count). The van der Waals surface area contributed by atoms with E-state index in [1.165, 1.54) is 24.3 Å². The third kappa shape index (κ3) is 7.86. The number of aromatic hydroxyl groups is 2. The van der Waals surface area contributed by atoms with Crippen LogP contribution in [0.5, 0.6) is 23.0 Å². The van der Waals surface area contributed by atoms with E-state index in [0.717, 1.165) is 12.1 Å². The van der Waals surface area contributed by atoms with Gasteiger partial charge in [0.25, 0.3) is 0 Å². The fourth-order valence-electron chi connectivity index (χ4n) is 2.34. The van der Waals surface area contributed by atoms with Crippen molar-refractivity contribution in [3.05, 3.63) is 47.5 Å². The molecule has 0 aliphatic carbocycles. The molecule has 0 aromatic heterocycles. The summed E-state index contributed by atoms with van der Waals surface area (Å²) < 4.78 is 21.3. The average Bonchev–Trinajstić information content (AvgIpc) is 2.68. The maximum Gasteiger partial charge on any atom is 0.335 e. The summed E-state index contributed by atoms with van der Waals surface area (Å²) in [5.41, 5.74) is -0.155. The second-order valence-electron chi connectivity index (χ2n) is 5.96. The van der Waals surface area contributed by atoms with E-state index in [2.05, 4.69) is 0 Å². The Kier molecular flexibility index (Phi) is 8.73. The van der Waals surface area contributed by atoms with Crippen LogP contribution >= 0.6 is 0 Å². The van der Waals surface area contributed by atoms with Crippen LogP contribution in [0.3, 0.4) is 0 Å². The van der Waals surface area contributed by atoms with Crippen LogP contribution in [0.25, 0.3) is 0 Å². The molecule has 0 atom stereocenters. The fraction of sp³-hybridized carbons (Fsp3) is 0.300. The minimum Gasteiger partial charge on any atom is -0.508 e. The van der Waals surface area contributed by atoms with Crippen LogP contribution < -0.4 is 9.47 Å². The maximum atomic E-state index is 10.9. The third-order valence-electron chi connectivity index (χ3n) is 3.64. The maximum absolute atomic E-state index is 10.9. The lowest BCUT2D eigenvalue weighted by Gasteiger charge is -2.10. The Morgan fingerprint density at radius 1 is 0.600 bits per heavy atom. The smallest absolute Gasteiger partial charge is 0.335 e. The van der Waals surface area contributed by atoms with Gasteiger partial charge in [-0.2, -0.15) is 0 Å². The Morgan fingerprint density at radius 2 is 0.967 bits per heavy atom. The van der Waals surface area contributed by atoms with Gasteiger partial charge in [0.05, 0.1) is 37.6 Å². The van der Waals surface area contributed by atoms with Crippen molar-refractivity contribution in [2.24, 2.45) is 0 Å². The van der Waals surface area contributed by atoms with Gasteiger partial charge < -0.3 is 39.4 Å². The number of benzene rings is 2. The summed E-state index contributed by atoms with van der Waals surface area (Å²) in [5, 5.41) is 36.8. The predicted octanol–water partition coefficient (Wildman–Crippen LogP) is 1.99. The number of carboxylic acid groups (broad SMARTS) is 2. The molecule has 0 amide bonds. The SMILES string of the molecule is O=C(O)c1cc(O)cc(OCCOCCOCCOc2cc(O)cc(C(=O)O)c2)c1. The predicted molar refractivity (Wildman–Crippen MR) is 103 cm³/mol. The van der Waals surface area contributed by atoms with Crippen molar-refractivity contribution >= 4 is 11.9 Å². The average molecular weight is 422 g/mol. The van der Waals surface area contributed by atoms with E-state index in [0.29, 0.717) is 13.2 Å². The molecule has 0 aliphatic rings. The van der Waals surface area contributed by atoms with Crippen LogP contribution in [-0.2, 0) is 9.47 Å². The zero-order valence-corrected chi connectivity index (χ0v) is 15.9. The Hall–Kier alpha value is -3.50. The Morgan fingerprint density at radius 3 is 1.33 bits per heavy atom. The van der Waals surface area contributed by atoms with Gasteiger partial charge in [0.2, 0.25) is 0 Å². The summed E-state index contributed by atoms with van der Waals surface area (Å²) in [4.78, 5) is 21.8. The molecular formula is C20H22O10. The second-order valence-corrected chi connectivity index (χ2v) is 5.96. The van der Waals surface area contributed by atoms with Gasteiger partial charge in [0.1, 0.15) is 36.2 Å². The minimum absolute atomic E-state index is 0.0774. The molecule has 0 radical (unpaired) electrons. The molecule has 2 aromatic carbocycles. The van der Waals surface area contributed by atoms with Crippen LogP contribution in [0.2, 0.25) is 0 Å². The summed E-state index contributed by atoms with van der Waals surface area (Å²) in [6.45, 7) is 1.38. The van der Waals surface area contributed by atoms with Gasteiger partial charge in [-0.25, -0.2) is 9.59 Å². The standard InChI is InChI=1S/C20H22O10/c21-15-7-13(19(23)24)9-17(11-15)29-5-3-27-1-2-28-4-6-30-18-10-14(20(25)26)8-16(22)12-18/h7-12,21-22H,1-6H2,(H,23,24)(H,25,26). The highest BCUT2D eigenvalue weighted by atomic mass is 16.6. The highest BCUT2D eigenvalue weighted by Gasteiger charge is 2.08. The van der Waals surface area contributed by atoms with Crippen molar-refractivity contribution in [2.75, 3.05) is 39.6 Å². The first-order chi connectivity index (χ1) is 14.3. The molecule has 0 unspecified atom stereocenters. The normalized spacial score (nSPS) is 10.5. The monoisotopic (exact) mass is 422 g/mol. The van der Waals surface area contributed by atoms with Crippen molar-refractivity contribution in [2.45, 2.75) is 0 Å². The van der Waals surface area contributed by atoms with Gasteiger partial charge in [0.15, 0.2) is 0 Å². The van der Waals surface area contributed by atoms with E-state index in [1.54, 1.807) is 0 Å². The van der Waals surface area contributed by atoms with Crippen molar-refractivity contribution in [1.82, 2.24) is 0 Å². The van der Waals surface area contributed by atoms with Gasteiger partial charge in [-0.3, -0.25) is 0 Å². The number of rotatable bonds is 13. The zero-order valence-electron chi connectivity index (χ0n) is 15.9. The summed E-state index contributed by atoms with van der Waals surface area (Å²) >= 11 is 0. The number of carbonyl (C=O) groups is 2. The minimum atomic E-state index is -1.17. The summed E-state index contributed by atoms with van der Waals surface area (Å²) in [6, 6.07) is 7.47. The number of phenolic OH excluding ortho intramolecular Hbond substituents is 2. The van der Waals surface area contributed by atoms with E-state index in [4.69, 9.17) is 29.2 Å².